The molecule has 4 rings (SSSR count). The first kappa shape index (κ1) is 16.0. The summed E-state index contributed by atoms with van der Waals surface area (Å²) >= 11 is 1.93. The Bertz CT molecular complexity index is 705. The largest absolute Gasteiger partial charge is 0.376 e. The summed E-state index contributed by atoms with van der Waals surface area (Å²) in [5, 5.41) is 5.05. The van der Waals surface area contributed by atoms with Crippen molar-refractivity contribution in [1.82, 2.24) is 10.1 Å². The van der Waals surface area contributed by atoms with Gasteiger partial charge in [-0.25, -0.2) is 0 Å². The molecule has 128 valence electrons. The fourth-order valence-corrected chi connectivity index (χ4v) is 4.76. The van der Waals surface area contributed by atoms with Gasteiger partial charge in [0, 0.05) is 30.3 Å². The number of hydrogen-bond donors (Lipinski definition) is 0. The van der Waals surface area contributed by atoms with Gasteiger partial charge in [0.2, 0.25) is 5.91 Å². The summed E-state index contributed by atoms with van der Waals surface area (Å²) in [6.45, 7) is 1.53. The maximum absolute atomic E-state index is 13.0. The Morgan fingerprint density at radius 3 is 3.04 bits per heavy atom. The van der Waals surface area contributed by atoms with Crippen molar-refractivity contribution in [2.75, 3.05) is 24.7 Å². The molecule has 1 aromatic heterocycles. The third-order valence-electron chi connectivity index (χ3n) is 4.86. The molecule has 2 fully saturated rings. The number of benzene rings is 1. The first-order chi connectivity index (χ1) is 11.8. The summed E-state index contributed by atoms with van der Waals surface area (Å²) < 4.78 is 11.1. The van der Waals surface area contributed by atoms with Crippen molar-refractivity contribution in [2.45, 2.75) is 37.8 Å². The van der Waals surface area contributed by atoms with Crippen LogP contribution >= 0.6 is 11.8 Å². The number of amides is 1. The Balaban J connectivity index is 1.51. The molecule has 0 saturated carbocycles. The molecule has 2 aliphatic rings. The molecule has 2 saturated heterocycles. The van der Waals surface area contributed by atoms with Crippen LogP contribution in [0.15, 0.2) is 28.8 Å². The topological polar surface area (TPSA) is 55.6 Å². The lowest BCUT2D eigenvalue weighted by atomic mass is 10.1. The quantitative estimate of drug-likeness (QED) is 0.833. The van der Waals surface area contributed by atoms with E-state index in [4.69, 9.17) is 9.26 Å². The zero-order valence-electron chi connectivity index (χ0n) is 13.6. The summed E-state index contributed by atoms with van der Waals surface area (Å²) in [6, 6.07) is 8.03. The second-order valence-corrected chi connectivity index (χ2v) is 7.65. The molecule has 3 heterocycles. The number of rotatable bonds is 5. The van der Waals surface area contributed by atoms with E-state index in [1.54, 1.807) is 0 Å². The van der Waals surface area contributed by atoms with Gasteiger partial charge in [-0.3, -0.25) is 4.79 Å². The van der Waals surface area contributed by atoms with Gasteiger partial charge in [0.05, 0.1) is 12.5 Å². The monoisotopic (exact) mass is 346 g/mol. The number of ether oxygens (including phenoxy) is 1. The lowest BCUT2D eigenvalue weighted by molar-refractivity contribution is -0.134. The summed E-state index contributed by atoms with van der Waals surface area (Å²) in [4.78, 5) is 15.0. The lowest BCUT2D eigenvalue weighted by Gasteiger charge is -2.30. The summed E-state index contributed by atoms with van der Waals surface area (Å²) in [5.41, 5.74) is 1.47. The van der Waals surface area contributed by atoms with Crippen LogP contribution in [0.25, 0.3) is 11.0 Å². The normalized spacial score (nSPS) is 23.8. The first-order valence-corrected chi connectivity index (χ1v) is 9.79. The second kappa shape index (κ2) is 7.15. The molecule has 0 aliphatic carbocycles. The standard InChI is InChI=1S/C18H22N2O3S/c21-18(10-16-15-5-1-2-6-17(15)23-19-16)20(13-7-9-24-12-13)11-14-4-3-8-22-14/h1-2,5-6,13-14H,3-4,7-12H2/t13-,14+/m1/s1. The van der Waals surface area contributed by atoms with Gasteiger partial charge >= 0.3 is 0 Å². The Morgan fingerprint density at radius 1 is 1.33 bits per heavy atom. The molecule has 1 amide bonds. The molecule has 2 atom stereocenters. The van der Waals surface area contributed by atoms with Crippen LogP contribution in [-0.4, -0.2) is 52.8 Å². The first-order valence-electron chi connectivity index (χ1n) is 8.63. The highest BCUT2D eigenvalue weighted by Gasteiger charge is 2.31. The van der Waals surface area contributed by atoms with Crippen molar-refractivity contribution < 1.29 is 14.1 Å². The van der Waals surface area contributed by atoms with Crippen molar-refractivity contribution in [3.8, 4) is 0 Å². The fraction of sp³-hybridized carbons (Fsp3) is 0.556. The van der Waals surface area contributed by atoms with E-state index in [0.717, 1.165) is 54.0 Å². The molecule has 2 aromatic rings. The van der Waals surface area contributed by atoms with E-state index in [-0.39, 0.29) is 12.0 Å². The van der Waals surface area contributed by atoms with E-state index in [2.05, 4.69) is 5.16 Å². The minimum Gasteiger partial charge on any atom is -0.376 e. The van der Waals surface area contributed by atoms with Crippen LogP contribution in [-0.2, 0) is 16.0 Å². The van der Waals surface area contributed by atoms with Crippen molar-refractivity contribution in [3.63, 3.8) is 0 Å². The molecule has 5 nitrogen and oxygen atoms in total. The number of fused-ring (bicyclic) bond motifs is 1. The van der Waals surface area contributed by atoms with Gasteiger partial charge in [-0.05, 0) is 37.1 Å². The van der Waals surface area contributed by atoms with Gasteiger partial charge in [0.25, 0.3) is 0 Å². The Hall–Kier alpha value is -1.53. The van der Waals surface area contributed by atoms with Gasteiger partial charge in [-0.1, -0.05) is 17.3 Å². The molecule has 0 radical (unpaired) electrons. The molecule has 2 aliphatic heterocycles. The van der Waals surface area contributed by atoms with Crippen LogP contribution < -0.4 is 0 Å². The van der Waals surface area contributed by atoms with Crippen molar-refractivity contribution in [2.24, 2.45) is 0 Å². The zero-order chi connectivity index (χ0) is 16.4. The van der Waals surface area contributed by atoms with E-state index in [1.165, 1.54) is 0 Å². The Kier molecular flexibility index (Phi) is 4.76. The highest BCUT2D eigenvalue weighted by atomic mass is 32.2. The molecule has 0 N–H and O–H groups in total. The lowest BCUT2D eigenvalue weighted by Crippen LogP contribution is -2.45. The smallest absolute Gasteiger partial charge is 0.229 e. The number of nitrogens with zero attached hydrogens (tertiary/aromatic N) is 2. The van der Waals surface area contributed by atoms with Crippen molar-refractivity contribution >= 4 is 28.6 Å². The zero-order valence-corrected chi connectivity index (χ0v) is 14.5. The summed E-state index contributed by atoms with van der Waals surface area (Å²) in [6.07, 6.45) is 3.71. The van der Waals surface area contributed by atoms with Gasteiger partial charge in [-0.2, -0.15) is 11.8 Å². The van der Waals surface area contributed by atoms with E-state index >= 15 is 0 Å². The molecule has 24 heavy (non-hydrogen) atoms. The summed E-state index contributed by atoms with van der Waals surface area (Å²) in [5.74, 6) is 2.29. The van der Waals surface area contributed by atoms with Gasteiger partial charge in [-0.15, -0.1) is 0 Å². The van der Waals surface area contributed by atoms with Gasteiger partial charge in [0.1, 0.15) is 5.69 Å². The number of carbonyl (C=O) groups excluding carboxylic acids is 1. The maximum atomic E-state index is 13.0. The number of aromatic nitrogens is 1. The molecule has 0 unspecified atom stereocenters. The third kappa shape index (κ3) is 3.30. The second-order valence-electron chi connectivity index (χ2n) is 6.50. The van der Waals surface area contributed by atoms with Crippen LogP contribution in [0.5, 0.6) is 0 Å². The van der Waals surface area contributed by atoms with Crippen LogP contribution in [0.2, 0.25) is 0 Å². The predicted molar refractivity (Wildman–Crippen MR) is 94.1 cm³/mol. The van der Waals surface area contributed by atoms with Crippen molar-refractivity contribution in [1.29, 1.82) is 0 Å². The maximum Gasteiger partial charge on any atom is 0.229 e. The molecular formula is C18H22N2O3S. The van der Waals surface area contributed by atoms with Crippen LogP contribution in [0.4, 0.5) is 0 Å². The number of thioether (sulfide) groups is 1. The minimum absolute atomic E-state index is 0.136. The predicted octanol–water partition coefficient (Wildman–Crippen LogP) is 2.88. The third-order valence-corrected chi connectivity index (χ3v) is 6.01. The SMILES string of the molecule is O=C(Cc1noc2ccccc12)N(C[C@@H]1CCCO1)[C@@H]1CCSC1. The molecule has 1 aromatic carbocycles. The highest BCUT2D eigenvalue weighted by molar-refractivity contribution is 7.99. The van der Waals surface area contributed by atoms with Crippen LogP contribution in [0.1, 0.15) is 25.0 Å². The van der Waals surface area contributed by atoms with Gasteiger partial charge < -0.3 is 14.2 Å². The number of para-hydroxylation sites is 1. The Labute approximate surface area is 145 Å². The Morgan fingerprint density at radius 2 is 2.25 bits per heavy atom. The average Bonchev–Trinajstić information content (AvgIpc) is 3.35. The fourth-order valence-electron chi connectivity index (χ4n) is 3.54. The average molecular weight is 346 g/mol. The van der Waals surface area contributed by atoms with E-state index < -0.39 is 0 Å². The molecule has 0 spiro atoms. The molecule has 0 bridgehead atoms. The minimum atomic E-state index is 0.136. The van der Waals surface area contributed by atoms with Gasteiger partial charge in [0.15, 0.2) is 5.58 Å². The van der Waals surface area contributed by atoms with Crippen molar-refractivity contribution in [3.05, 3.63) is 30.0 Å². The van der Waals surface area contributed by atoms with Crippen LogP contribution in [0.3, 0.4) is 0 Å². The van der Waals surface area contributed by atoms with E-state index in [0.29, 0.717) is 19.0 Å². The summed E-state index contributed by atoms with van der Waals surface area (Å²) in [7, 11) is 0. The number of carbonyl (C=O) groups is 1. The van der Waals surface area contributed by atoms with E-state index in [9.17, 15) is 4.79 Å². The van der Waals surface area contributed by atoms with E-state index in [1.807, 2.05) is 40.9 Å². The molecule has 6 heteroatoms. The van der Waals surface area contributed by atoms with Crippen LogP contribution in [0, 0.1) is 0 Å². The highest BCUT2D eigenvalue weighted by Crippen LogP contribution is 2.26. The molecular weight excluding hydrogens is 324 g/mol. The number of hydrogen-bond acceptors (Lipinski definition) is 5.